The molecule has 0 spiro atoms. The third-order valence-corrected chi connectivity index (χ3v) is 3.38. The lowest BCUT2D eigenvalue weighted by Crippen LogP contribution is -2.36. The Balaban J connectivity index is 2.32. The zero-order chi connectivity index (χ0) is 10.4. The molecule has 1 unspecified atom stereocenters. The fourth-order valence-electron chi connectivity index (χ4n) is 2.28. The average molecular weight is 194 g/mol. The molecule has 1 atom stereocenters. The molecule has 1 aliphatic rings. The van der Waals surface area contributed by atoms with Gasteiger partial charge in [-0.15, -0.1) is 0 Å². The number of nitrogens with zero attached hydrogens (tertiary/aromatic N) is 2. The molecule has 0 bridgehead atoms. The Morgan fingerprint density at radius 3 is 2.50 bits per heavy atom. The molecule has 1 aliphatic carbocycles. The fraction of sp³-hybridized carbons (Fsp3) is 0.917. The minimum absolute atomic E-state index is 0.224. The van der Waals surface area contributed by atoms with Gasteiger partial charge in [0.2, 0.25) is 0 Å². The lowest BCUT2D eigenvalue weighted by atomic mass is 9.93. The Morgan fingerprint density at radius 1 is 1.36 bits per heavy atom. The van der Waals surface area contributed by atoms with Gasteiger partial charge in [0.1, 0.15) is 0 Å². The molecule has 0 aromatic carbocycles. The van der Waals surface area contributed by atoms with Gasteiger partial charge in [-0.05, 0) is 26.3 Å². The van der Waals surface area contributed by atoms with Crippen molar-refractivity contribution in [3.8, 4) is 6.07 Å². The molecule has 0 radical (unpaired) electrons. The molecule has 0 aromatic heterocycles. The van der Waals surface area contributed by atoms with E-state index in [9.17, 15) is 0 Å². The van der Waals surface area contributed by atoms with Crippen LogP contribution in [0, 0.1) is 17.2 Å². The summed E-state index contributed by atoms with van der Waals surface area (Å²) in [6.07, 6.45) is 7.79. The van der Waals surface area contributed by atoms with Crippen LogP contribution in [0.1, 0.15) is 45.4 Å². The van der Waals surface area contributed by atoms with Crippen LogP contribution in [-0.4, -0.2) is 24.5 Å². The van der Waals surface area contributed by atoms with Gasteiger partial charge in [-0.1, -0.05) is 26.2 Å². The van der Waals surface area contributed by atoms with Crippen molar-refractivity contribution in [2.75, 3.05) is 13.6 Å². The molecular weight excluding hydrogens is 172 g/mol. The predicted octanol–water partition coefficient (Wildman–Crippen LogP) is 2.80. The smallest absolute Gasteiger partial charge is 0.0669 e. The fourth-order valence-corrected chi connectivity index (χ4v) is 2.28. The number of nitriles is 1. The van der Waals surface area contributed by atoms with Crippen molar-refractivity contribution in [1.82, 2.24) is 4.90 Å². The Kier molecular flexibility index (Phi) is 4.97. The molecular formula is C12H22N2. The molecule has 0 heterocycles. The van der Waals surface area contributed by atoms with Crippen molar-refractivity contribution in [3.05, 3.63) is 0 Å². The quantitative estimate of drug-likeness (QED) is 0.688. The van der Waals surface area contributed by atoms with E-state index >= 15 is 0 Å². The largest absolute Gasteiger partial charge is 0.302 e. The normalized spacial score (nSPS) is 20.7. The first-order valence-electron chi connectivity index (χ1n) is 5.87. The van der Waals surface area contributed by atoms with E-state index < -0.39 is 0 Å². The first kappa shape index (κ1) is 11.5. The standard InChI is InChI=1S/C12H22N2/c1-3-11(9-13)10-14(2)12-7-5-4-6-8-12/h11-12H,3-8,10H2,1-2H3. The summed E-state index contributed by atoms with van der Waals surface area (Å²) in [6, 6.07) is 3.12. The van der Waals surface area contributed by atoms with Crippen molar-refractivity contribution in [2.45, 2.75) is 51.5 Å². The van der Waals surface area contributed by atoms with Gasteiger partial charge in [-0.3, -0.25) is 0 Å². The van der Waals surface area contributed by atoms with E-state index in [2.05, 4.69) is 24.9 Å². The number of hydrogen-bond acceptors (Lipinski definition) is 2. The summed E-state index contributed by atoms with van der Waals surface area (Å²) in [5.74, 6) is 0.224. The van der Waals surface area contributed by atoms with Gasteiger partial charge in [0.15, 0.2) is 0 Å². The highest BCUT2D eigenvalue weighted by atomic mass is 15.1. The Labute approximate surface area is 87.9 Å². The molecule has 2 heteroatoms. The minimum atomic E-state index is 0.224. The molecule has 0 N–H and O–H groups in total. The van der Waals surface area contributed by atoms with Crippen LogP contribution in [0.2, 0.25) is 0 Å². The third-order valence-electron chi connectivity index (χ3n) is 3.38. The van der Waals surface area contributed by atoms with E-state index in [0.717, 1.165) is 19.0 Å². The summed E-state index contributed by atoms with van der Waals surface area (Å²) in [4.78, 5) is 2.40. The van der Waals surface area contributed by atoms with Crippen LogP contribution >= 0.6 is 0 Å². The SMILES string of the molecule is CCC(C#N)CN(C)C1CCCCC1. The number of hydrogen-bond donors (Lipinski definition) is 0. The van der Waals surface area contributed by atoms with Crippen LogP contribution < -0.4 is 0 Å². The lowest BCUT2D eigenvalue weighted by molar-refractivity contribution is 0.176. The zero-order valence-corrected chi connectivity index (χ0v) is 9.50. The van der Waals surface area contributed by atoms with E-state index in [4.69, 9.17) is 5.26 Å². The highest BCUT2D eigenvalue weighted by molar-refractivity contribution is 4.85. The Bertz CT molecular complexity index is 189. The van der Waals surface area contributed by atoms with Gasteiger partial charge in [0.05, 0.1) is 12.0 Å². The summed E-state index contributed by atoms with van der Waals surface area (Å²) in [6.45, 7) is 3.06. The van der Waals surface area contributed by atoms with Crippen LogP contribution in [-0.2, 0) is 0 Å². The van der Waals surface area contributed by atoms with Crippen LogP contribution in [0.4, 0.5) is 0 Å². The first-order chi connectivity index (χ1) is 6.77. The van der Waals surface area contributed by atoms with Gasteiger partial charge in [0.25, 0.3) is 0 Å². The molecule has 0 amide bonds. The van der Waals surface area contributed by atoms with Crippen molar-refractivity contribution >= 4 is 0 Å². The molecule has 1 saturated carbocycles. The van der Waals surface area contributed by atoms with Crippen LogP contribution in [0.15, 0.2) is 0 Å². The second-order valence-electron chi connectivity index (χ2n) is 4.47. The maximum atomic E-state index is 8.90. The monoisotopic (exact) mass is 194 g/mol. The van der Waals surface area contributed by atoms with Crippen molar-refractivity contribution < 1.29 is 0 Å². The maximum absolute atomic E-state index is 8.90. The first-order valence-corrected chi connectivity index (χ1v) is 5.87. The van der Waals surface area contributed by atoms with E-state index in [1.165, 1.54) is 32.1 Å². The molecule has 0 aromatic rings. The van der Waals surface area contributed by atoms with E-state index in [-0.39, 0.29) is 5.92 Å². The van der Waals surface area contributed by atoms with Gasteiger partial charge in [0, 0.05) is 12.6 Å². The zero-order valence-electron chi connectivity index (χ0n) is 9.50. The molecule has 2 nitrogen and oxygen atoms in total. The molecule has 0 aliphatic heterocycles. The van der Waals surface area contributed by atoms with E-state index in [1.807, 2.05) is 0 Å². The topological polar surface area (TPSA) is 27.0 Å². The van der Waals surface area contributed by atoms with Crippen molar-refractivity contribution in [3.63, 3.8) is 0 Å². The van der Waals surface area contributed by atoms with Crippen molar-refractivity contribution in [2.24, 2.45) is 5.92 Å². The average Bonchev–Trinajstić information content (AvgIpc) is 2.26. The van der Waals surface area contributed by atoms with Gasteiger partial charge in [-0.2, -0.15) is 5.26 Å². The molecule has 1 rings (SSSR count). The third kappa shape index (κ3) is 3.31. The van der Waals surface area contributed by atoms with Gasteiger partial charge >= 0.3 is 0 Å². The van der Waals surface area contributed by atoms with Crippen molar-refractivity contribution in [1.29, 1.82) is 5.26 Å². The second-order valence-corrected chi connectivity index (χ2v) is 4.47. The highest BCUT2D eigenvalue weighted by Crippen LogP contribution is 2.22. The Morgan fingerprint density at radius 2 is 2.00 bits per heavy atom. The lowest BCUT2D eigenvalue weighted by Gasteiger charge is -2.32. The van der Waals surface area contributed by atoms with Crippen LogP contribution in [0.25, 0.3) is 0 Å². The van der Waals surface area contributed by atoms with E-state index in [0.29, 0.717) is 0 Å². The summed E-state index contributed by atoms with van der Waals surface area (Å²) in [5, 5.41) is 8.90. The van der Waals surface area contributed by atoms with E-state index in [1.54, 1.807) is 0 Å². The maximum Gasteiger partial charge on any atom is 0.0669 e. The summed E-state index contributed by atoms with van der Waals surface area (Å²) in [5.41, 5.74) is 0. The van der Waals surface area contributed by atoms with Crippen LogP contribution in [0.3, 0.4) is 0 Å². The van der Waals surface area contributed by atoms with Crippen LogP contribution in [0.5, 0.6) is 0 Å². The van der Waals surface area contributed by atoms with Gasteiger partial charge in [-0.25, -0.2) is 0 Å². The summed E-state index contributed by atoms with van der Waals surface area (Å²) in [7, 11) is 2.18. The summed E-state index contributed by atoms with van der Waals surface area (Å²) < 4.78 is 0. The molecule has 0 saturated heterocycles. The molecule has 14 heavy (non-hydrogen) atoms. The highest BCUT2D eigenvalue weighted by Gasteiger charge is 2.19. The molecule has 1 fully saturated rings. The minimum Gasteiger partial charge on any atom is -0.302 e. The second kappa shape index (κ2) is 6.03. The number of rotatable bonds is 4. The Hall–Kier alpha value is -0.550. The van der Waals surface area contributed by atoms with Gasteiger partial charge < -0.3 is 4.90 Å². The molecule has 80 valence electrons. The predicted molar refractivity (Wildman–Crippen MR) is 58.9 cm³/mol. The summed E-state index contributed by atoms with van der Waals surface area (Å²) >= 11 is 0.